The van der Waals surface area contributed by atoms with Crippen LogP contribution in [0.4, 0.5) is 5.82 Å². The summed E-state index contributed by atoms with van der Waals surface area (Å²) in [6.45, 7) is 9.93. The third kappa shape index (κ3) is 7.01. The maximum absolute atomic E-state index is 12.9. The number of imidazole rings is 1. The van der Waals surface area contributed by atoms with Crippen LogP contribution < -0.4 is 0 Å². The number of carbonyl (C=O) groups excluding carboxylic acids is 1. The maximum Gasteiger partial charge on any atom is 0.342 e. The van der Waals surface area contributed by atoms with Gasteiger partial charge in [0.25, 0.3) is 0 Å². The second-order valence-corrected chi connectivity index (χ2v) is 12.8. The number of fused-ring (bicyclic) bond motifs is 8. The van der Waals surface area contributed by atoms with Gasteiger partial charge < -0.3 is 29.9 Å². The number of allylic oxidation sites excluding steroid dienone is 2. The number of carboxylic acids is 1. The summed E-state index contributed by atoms with van der Waals surface area (Å²) in [6, 6.07) is 10.2. The molecule has 0 saturated carbocycles. The predicted molar refractivity (Wildman–Crippen MR) is 185 cm³/mol. The number of nitro groups is 1. The van der Waals surface area contributed by atoms with Crippen LogP contribution in [0.1, 0.15) is 84.3 Å². The largest absolute Gasteiger partial charge is 0.481 e. The van der Waals surface area contributed by atoms with Gasteiger partial charge in [0.1, 0.15) is 19.3 Å². The van der Waals surface area contributed by atoms with E-state index in [2.05, 4.69) is 47.0 Å². The Morgan fingerprint density at radius 2 is 1.80 bits per heavy atom. The van der Waals surface area contributed by atoms with E-state index in [4.69, 9.17) is 14.7 Å². The molecule has 0 amide bonds. The zero-order chi connectivity index (χ0) is 35.0. The number of aromatic nitrogens is 6. The molecule has 1 unspecified atom stereocenters. The molecular formula is C36H39N7O6. The number of esters is 1. The van der Waals surface area contributed by atoms with Gasteiger partial charge >= 0.3 is 17.8 Å². The number of hydrogen-bond donors (Lipinski definition) is 3. The molecule has 0 spiro atoms. The van der Waals surface area contributed by atoms with Gasteiger partial charge in [0, 0.05) is 59.1 Å². The van der Waals surface area contributed by atoms with Crippen molar-refractivity contribution in [1.29, 1.82) is 0 Å². The first-order chi connectivity index (χ1) is 23.4. The number of ether oxygens (including phenoxy) is 1. The van der Waals surface area contributed by atoms with E-state index in [1.807, 2.05) is 26.0 Å². The Balaban J connectivity index is 1.40. The quantitative estimate of drug-likeness (QED) is 0.0947. The van der Waals surface area contributed by atoms with Gasteiger partial charge in [-0.1, -0.05) is 6.92 Å². The summed E-state index contributed by atoms with van der Waals surface area (Å²) in [5.74, 6) is -0.800. The van der Waals surface area contributed by atoms with Gasteiger partial charge in [-0.05, 0) is 103 Å². The smallest absolute Gasteiger partial charge is 0.342 e. The Labute approximate surface area is 282 Å². The number of carboxylic acid groups (broad SMARTS) is 1. The zero-order valence-electron chi connectivity index (χ0n) is 28.2. The van der Waals surface area contributed by atoms with Crippen molar-refractivity contribution >= 4 is 51.0 Å². The van der Waals surface area contributed by atoms with Crippen LogP contribution in [0.15, 0.2) is 36.5 Å². The van der Waals surface area contributed by atoms with Crippen molar-refractivity contribution < 1.29 is 24.4 Å². The fraction of sp³-hybridized carbons (Fsp3) is 0.361. The molecule has 2 aliphatic heterocycles. The molecular weight excluding hydrogens is 626 g/mol. The number of hydrogen-bond acceptors (Lipinski definition) is 8. The first kappa shape index (κ1) is 33.3. The van der Waals surface area contributed by atoms with Gasteiger partial charge in [0.2, 0.25) is 0 Å². The Morgan fingerprint density at radius 1 is 1.00 bits per heavy atom. The second-order valence-electron chi connectivity index (χ2n) is 12.8. The van der Waals surface area contributed by atoms with Gasteiger partial charge in [0.05, 0.1) is 11.4 Å². The molecule has 0 fully saturated rings. The summed E-state index contributed by atoms with van der Waals surface area (Å²) >= 11 is 0. The van der Waals surface area contributed by atoms with Crippen molar-refractivity contribution in [2.45, 2.75) is 79.2 Å². The second kappa shape index (κ2) is 13.5. The number of aryl methyl sites for hydroxylation is 4. The van der Waals surface area contributed by atoms with Crippen LogP contribution in [0.25, 0.3) is 33.2 Å². The first-order valence-electron chi connectivity index (χ1n) is 16.3. The number of nitrogens with one attached hydrogen (secondary N) is 2. The minimum atomic E-state index is -0.886. The standard InChI is InChI=1S/C36H39N7O6/c1-19-12-25-15-30-21(3)26(6-8-35(44)45)32(40-30)17-33-27(7-9-36(46)49-11-10-42-23(5)37-18-34(42)43(47)48)22(4)31(41-33)16-29-20(2)13-24(39-29)14-28(19)38-25/h12,14-18,20,38,41H,6-11,13H2,1-5H3,(H,44,45). The van der Waals surface area contributed by atoms with Crippen molar-refractivity contribution in [3.05, 3.63) is 91.9 Å². The lowest BCUT2D eigenvalue weighted by atomic mass is 10.0. The minimum Gasteiger partial charge on any atom is -0.481 e. The summed E-state index contributed by atoms with van der Waals surface area (Å²) in [5, 5.41) is 20.8. The normalized spacial score (nSPS) is 14.3. The van der Waals surface area contributed by atoms with Crippen molar-refractivity contribution in [1.82, 2.24) is 29.5 Å². The highest BCUT2D eigenvalue weighted by atomic mass is 16.6. The summed E-state index contributed by atoms with van der Waals surface area (Å²) in [7, 11) is 0. The molecule has 1 atom stereocenters. The molecule has 254 valence electrons. The summed E-state index contributed by atoms with van der Waals surface area (Å²) in [4.78, 5) is 56.3. The number of nitrogens with zero attached hydrogens (tertiary/aromatic N) is 5. The lowest BCUT2D eigenvalue weighted by Crippen LogP contribution is -2.14. The third-order valence-electron chi connectivity index (χ3n) is 9.35. The van der Waals surface area contributed by atoms with Crippen molar-refractivity contribution in [3.63, 3.8) is 0 Å². The van der Waals surface area contributed by atoms with E-state index < -0.39 is 16.9 Å². The average molecular weight is 666 g/mol. The fourth-order valence-corrected chi connectivity index (χ4v) is 6.57. The predicted octanol–water partition coefficient (Wildman–Crippen LogP) is 6.66. The average Bonchev–Trinajstić information content (AvgIpc) is 3.81. The molecule has 0 radical (unpaired) electrons. The van der Waals surface area contributed by atoms with Crippen molar-refractivity contribution in [2.75, 3.05) is 6.61 Å². The zero-order valence-corrected chi connectivity index (χ0v) is 28.2. The Morgan fingerprint density at radius 3 is 2.55 bits per heavy atom. The highest BCUT2D eigenvalue weighted by molar-refractivity contribution is 5.93. The fourth-order valence-electron chi connectivity index (χ4n) is 6.57. The first-order valence-corrected chi connectivity index (χ1v) is 16.3. The monoisotopic (exact) mass is 665 g/mol. The van der Waals surface area contributed by atoms with Gasteiger partial charge in [-0.25, -0.2) is 14.5 Å². The van der Waals surface area contributed by atoms with E-state index in [1.54, 1.807) is 6.92 Å². The minimum absolute atomic E-state index is 0.0286. The number of aromatic amines is 2. The molecule has 4 aromatic heterocycles. The van der Waals surface area contributed by atoms with Crippen molar-refractivity contribution in [3.8, 4) is 0 Å². The van der Waals surface area contributed by atoms with Crippen LogP contribution in [0.5, 0.6) is 0 Å². The summed E-state index contributed by atoms with van der Waals surface area (Å²) in [5.41, 5.74) is 11.6. The third-order valence-corrected chi connectivity index (χ3v) is 9.35. The van der Waals surface area contributed by atoms with Crippen LogP contribution in [0.2, 0.25) is 0 Å². The molecule has 13 nitrogen and oxygen atoms in total. The maximum atomic E-state index is 12.9. The van der Waals surface area contributed by atoms with E-state index in [9.17, 15) is 24.8 Å². The van der Waals surface area contributed by atoms with Crippen LogP contribution in [0.3, 0.4) is 0 Å². The molecule has 0 aromatic carbocycles. The topological polar surface area (TPSA) is 182 Å². The number of aliphatic carboxylic acids is 1. The highest BCUT2D eigenvalue weighted by Gasteiger charge is 2.21. The Hall–Kier alpha value is -5.59. The van der Waals surface area contributed by atoms with Crippen LogP contribution >= 0.6 is 0 Å². The molecule has 3 N–H and O–H groups in total. The van der Waals surface area contributed by atoms with Crippen LogP contribution in [0, 0.1) is 30.9 Å². The van der Waals surface area contributed by atoms with Crippen LogP contribution in [-0.2, 0) is 33.7 Å². The van der Waals surface area contributed by atoms with Gasteiger partial charge in [-0.2, -0.15) is 0 Å². The van der Waals surface area contributed by atoms with Gasteiger partial charge in [-0.3, -0.25) is 14.6 Å². The molecule has 6 rings (SSSR count). The molecule has 8 bridgehead atoms. The van der Waals surface area contributed by atoms with Gasteiger partial charge in [0.15, 0.2) is 5.82 Å². The molecule has 49 heavy (non-hydrogen) atoms. The highest BCUT2D eigenvalue weighted by Crippen LogP contribution is 2.35. The summed E-state index contributed by atoms with van der Waals surface area (Å²) < 4.78 is 6.89. The molecule has 4 aromatic rings. The molecule has 0 aliphatic carbocycles. The van der Waals surface area contributed by atoms with E-state index in [-0.39, 0.29) is 37.7 Å². The SMILES string of the molecule is CC1=C(CCC(=O)O)c2cc3[nH]c(cc4nc(cc5[nH]c(cc1n2)cc5C)CC4C)c(C)c3CCC(=O)OCCn1c([N+](=O)[O-])cnc1C. The Bertz CT molecular complexity index is 2190. The summed E-state index contributed by atoms with van der Waals surface area (Å²) in [6.07, 6.45) is 2.73. The van der Waals surface area contributed by atoms with Gasteiger partial charge in [-0.15, -0.1) is 0 Å². The van der Waals surface area contributed by atoms with Crippen molar-refractivity contribution in [2.24, 2.45) is 0 Å². The lowest BCUT2D eigenvalue weighted by molar-refractivity contribution is -0.392. The van der Waals surface area contributed by atoms with E-state index >= 15 is 0 Å². The molecule has 13 heteroatoms. The van der Waals surface area contributed by atoms with Crippen LogP contribution in [-0.4, -0.2) is 58.1 Å². The lowest BCUT2D eigenvalue weighted by Gasteiger charge is -2.06. The van der Waals surface area contributed by atoms with E-state index in [1.165, 1.54) is 10.8 Å². The number of carbonyl (C=O) groups is 2. The van der Waals surface area contributed by atoms with E-state index in [0.29, 0.717) is 24.4 Å². The Kier molecular flexibility index (Phi) is 9.18. The molecule has 6 heterocycles. The van der Waals surface area contributed by atoms with E-state index in [0.717, 1.165) is 73.4 Å². The number of rotatable bonds is 10. The number of H-pyrrole nitrogens is 2. The molecule has 2 aliphatic rings. The molecule has 0 saturated heterocycles.